The maximum absolute atomic E-state index is 12.0. The minimum absolute atomic E-state index is 0.0128. The lowest BCUT2D eigenvalue weighted by atomic mass is 10.2. The summed E-state index contributed by atoms with van der Waals surface area (Å²) < 4.78 is 0. The first-order valence-corrected chi connectivity index (χ1v) is 6.63. The van der Waals surface area contributed by atoms with Gasteiger partial charge in [-0.2, -0.15) is 0 Å². The molecule has 0 atom stereocenters. The van der Waals surface area contributed by atoms with Gasteiger partial charge in [0.2, 0.25) is 0 Å². The third kappa shape index (κ3) is 2.92. The van der Waals surface area contributed by atoms with Gasteiger partial charge in [0.25, 0.3) is 17.5 Å². The highest BCUT2D eigenvalue weighted by atomic mass is 35.5. The van der Waals surface area contributed by atoms with E-state index in [1.54, 1.807) is 6.92 Å². The summed E-state index contributed by atoms with van der Waals surface area (Å²) in [6.45, 7) is 1.11. The molecule has 1 aliphatic rings. The molecule has 1 aromatic rings. The van der Waals surface area contributed by atoms with E-state index in [4.69, 9.17) is 16.7 Å². The smallest absolute Gasteiger partial charge is 0.293 e. The Hall–Kier alpha value is -2.45. The molecule has 0 saturated heterocycles. The number of carbonyl (C=O) groups is 2. The summed E-state index contributed by atoms with van der Waals surface area (Å²) in [7, 11) is 0. The number of hydrogen-bond acceptors (Lipinski definition) is 6. The van der Waals surface area contributed by atoms with Crippen molar-refractivity contribution in [1.29, 1.82) is 0 Å². The number of rotatable bonds is 5. The van der Waals surface area contributed by atoms with E-state index in [0.29, 0.717) is 5.56 Å². The van der Waals surface area contributed by atoms with Gasteiger partial charge < -0.3 is 10.4 Å². The van der Waals surface area contributed by atoms with E-state index in [9.17, 15) is 19.7 Å². The molecule has 2 N–H and O–H groups in total. The van der Waals surface area contributed by atoms with Gasteiger partial charge >= 0.3 is 0 Å². The third-order valence-corrected chi connectivity index (χ3v) is 3.48. The summed E-state index contributed by atoms with van der Waals surface area (Å²) in [6, 6.07) is 2.60. The minimum Gasteiger partial charge on any atom is -0.395 e. The van der Waals surface area contributed by atoms with Crippen LogP contribution in [0.2, 0.25) is 5.02 Å². The average Bonchev–Trinajstić information content (AvgIpc) is 2.70. The second-order valence-corrected chi connectivity index (χ2v) is 4.98. The number of anilines is 1. The van der Waals surface area contributed by atoms with Crippen LogP contribution in [0.15, 0.2) is 23.9 Å². The molecule has 0 fully saturated rings. The van der Waals surface area contributed by atoms with E-state index in [1.807, 2.05) is 0 Å². The molecule has 0 radical (unpaired) electrons. The molecule has 2 rings (SSSR count). The maximum Gasteiger partial charge on any atom is 0.293 e. The summed E-state index contributed by atoms with van der Waals surface area (Å²) in [6.07, 6.45) is 1.02. The molecule has 9 heteroatoms. The second-order valence-electron chi connectivity index (χ2n) is 4.58. The van der Waals surface area contributed by atoms with Crippen LogP contribution in [0.1, 0.15) is 5.56 Å². The fraction of sp³-hybridized carbons (Fsp3) is 0.231. The molecule has 0 bridgehead atoms. The highest BCUT2D eigenvalue weighted by Gasteiger charge is 2.31. The fourth-order valence-electron chi connectivity index (χ4n) is 1.97. The molecule has 1 aliphatic heterocycles. The van der Waals surface area contributed by atoms with Crippen molar-refractivity contribution in [3.63, 3.8) is 0 Å². The number of halogens is 1. The normalized spacial score (nSPS) is 14.3. The zero-order valence-corrected chi connectivity index (χ0v) is 12.3. The summed E-state index contributed by atoms with van der Waals surface area (Å²) in [5, 5.41) is 22.8. The molecule has 1 heterocycles. The third-order valence-electron chi connectivity index (χ3n) is 3.08. The highest BCUT2D eigenvalue weighted by molar-refractivity contribution is 6.31. The molecular formula is C13H12ClN3O5. The predicted octanol–water partition coefficient (Wildman–Crippen LogP) is 1.21. The van der Waals surface area contributed by atoms with Gasteiger partial charge in [0, 0.05) is 17.2 Å². The van der Waals surface area contributed by atoms with Crippen molar-refractivity contribution < 1.29 is 19.6 Å². The number of aliphatic hydroxyl groups is 1. The lowest BCUT2D eigenvalue weighted by Crippen LogP contribution is -2.34. The van der Waals surface area contributed by atoms with Crippen molar-refractivity contribution in [2.45, 2.75) is 6.92 Å². The Balaban J connectivity index is 2.34. The van der Waals surface area contributed by atoms with Gasteiger partial charge in [0.1, 0.15) is 11.4 Å². The number of nitro groups is 1. The number of aliphatic hydroxyl groups excluding tert-OH is 1. The molecule has 116 valence electrons. The monoisotopic (exact) mass is 325 g/mol. The number of imide groups is 1. The Morgan fingerprint density at radius 3 is 2.68 bits per heavy atom. The van der Waals surface area contributed by atoms with Crippen LogP contribution in [0.3, 0.4) is 0 Å². The number of β-amino-alcohol motifs (C(OH)–C–C–N with tert-alkyl or cyclic N) is 1. The first-order valence-electron chi connectivity index (χ1n) is 6.25. The predicted molar refractivity (Wildman–Crippen MR) is 78.4 cm³/mol. The number of amides is 2. The van der Waals surface area contributed by atoms with E-state index in [-0.39, 0.29) is 35.2 Å². The Morgan fingerprint density at radius 1 is 1.41 bits per heavy atom. The molecule has 0 aromatic heterocycles. The highest BCUT2D eigenvalue weighted by Crippen LogP contribution is 2.32. The lowest BCUT2D eigenvalue weighted by Gasteiger charge is -2.13. The van der Waals surface area contributed by atoms with Gasteiger partial charge in [-0.25, -0.2) is 0 Å². The Kier molecular flexibility index (Phi) is 4.43. The molecule has 0 spiro atoms. The summed E-state index contributed by atoms with van der Waals surface area (Å²) >= 11 is 5.94. The summed E-state index contributed by atoms with van der Waals surface area (Å²) in [5.41, 5.74) is 0.160. The van der Waals surface area contributed by atoms with Gasteiger partial charge in [0.05, 0.1) is 18.1 Å². The Labute approximate surface area is 130 Å². The van der Waals surface area contributed by atoms with Crippen molar-refractivity contribution in [1.82, 2.24) is 4.90 Å². The average molecular weight is 326 g/mol. The Bertz CT molecular complexity index is 701. The van der Waals surface area contributed by atoms with E-state index < -0.39 is 16.7 Å². The summed E-state index contributed by atoms with van der Waals surface area (Å²) in [4.78, 5) is 34.9. The largest absolute Gasteiger partial charge is 0.395 e. The molecule has 8 nitrogen and oxygen atoms in total. The second kappa shape index (κ2) is 6.12. The topological polar surface area (TPSA) is 113 Å². The maximum atomic E-state index is 12.0. The number of hydrogen-bond donors (Lipinski definition) is 2. The number of nitro benzene ring substituents is 1. The standard InChI is InChI=1S/C13H12ClN3O5/c1-7-4-11(17(21)22)9(5-8(7)14)15-10-6-12(19)16(2-3-18)13(10)20/h4-6,15,18H,2-3H2,1H3. The SMILES string of the molecule is Cc1cc([N+](=O)[O-])c(NC2=CC(=O)N(CCO)C2=O)cc1Cl. The molecule has 0 aliphatic carbocycles. The number of nitrogens with one attached hydrogen (secondary N) is 1. The molecular weight excluding hydrogens is 314 g/mol. The fourth-order valence-corrected chi connectivity index (χ4v) is 2.14. The molecule has 2 amide bonds. The van der Waals surface area contributed by atoms with Crippen molar-refractivity contribution >= 4 is 34.8 Å². The molecule has 0 saturated carbocycles. The first kappa shape index (κ1) is 15.9. The van der Waals surface area contributed by atoms with Gasteiger partial charge in [-0.3, -0.25) is 24.6 Å². The minimum atomic E-state index is -0.662. The van der Waals surface area contributed by atoms with Crippen LogP contribution in [0.5, 0.6) is 0 Å². The lowest BCUT2D eigenvalue weighted by molar-refractivity contribution is -0.384. The van der Waals surface area contributed by atoms with E-state index in [0.717, 1.165) is 11.0 Å². The van der Waals surface area contributed by atoms with Crippen LogP contribution < -0.4 is 5.32 Å². The Morgan fingerprint density at radius 2 is 2.09 bits per heavy atom. The zero-order valence-electron chi connectivity index (χ0n) is 11.5. The molecule has 22 heavy (non-hydrogen) atoms. The van der Waals surface area contributed by atoms with Gasteiger partial charge in [-0.05, 0) is 18.6 Å². The van der Waals surface area contributed by atoms with Crippen LogP contribution >= 0.6 is 11.6 Å². The van der Waals surface area contributed by atoms with Gasteiger partial charge in [0.15, 0.2) is 0 Å². The molecule has 0 unspecified atom stereocenters. The summed E-state index contributed by atoms with van der Waals surface area (Å²) in [5.74, 6) is -1.26. The van der Waals surface area contributed by atoms with Gasteiger partial charge in [-0.1, -0.05) is 11.6 Å². The number of aryl methyl sites for hydroxylation is 1. The first-order chi connectivity index (χ1) is 10.3. The van der Waals surface area contributed by atoms with Crippen molar-refractivity contribution in [3.8, 4) is 0 Å². The van der Waals surface area contributed by atoms with Crippen LogP contribution in [0.4, 0.5) is 11.4 Å². The van der Waals surface area contributed by atoms with Crippen LogP contribution in [0, 0.1) is 17.0 Å². The van der Waals surface area contributed by atoms with Crippen molar-refractivity contribution in [2.24, 2.45) is 0 Å². The number of carbonyl (C=O) groups excluding carboxylic acids is 2. The van der Waals surface area contributed by atoms with Crippen LogP contribution in [-0.2, 0) is 9.59 Å². The van der Waals surface area contributed by atoms with E-state index >= 15 is 0 Å². The van der Waals surface area contributed by atoms with Gasteiger partial charge in [-0.15, -0.1) is 0 Å². The van der Waals surface area contributed by atoms with Crippen molar-refractivity contribution in [2.75, 3.05) is 18.5 Å². The van der Waals surface area contributed by atoms with E-state index in [2.05, 4.69) is 5.32 Å². The molecule has 1 aromatic carbocycles. The van der Waals surface area contributed by atoms with Crippen LogP contribution in [-0.4, -0.2) is 39.9 Å². The number of benzene rings is 1. The zero-order chi connectivity index (χ0) is 16.4. The van der Waals surface area contributed by atoms with Crippen LogP contribution in [0.25, 0.3) is 0 Å². The van der Waals surface area contributed by atoms with Crippen molar-refractivity contribution in [3.05, 3.63) is 44.6 Å². The number of nitrogens with zero attached hydrogens (tertiary/aromatic N) is 2. The van der Waals surface area contributed by atoms with E-state index in [1.165, 1.54) is 12.1 Å². The quantitative estimate of drug-likeness (QED) is 0.478.